The van der Waals surface area contributed by atoms with Gasteiger partial charge in [-0.2, -0.15) is 0 Å². The maximum Gasteiger partial charge on any atom is 0.227 e. The van der Waals surface area contributed by atoms with Gasteiger partial charge in [0.15, 0.2) is 0 Å². The molecule has 0 aromatic carbocycles. The van der Waals surface area contributed by atoms with Crippen molar-refractivity contribution in [3.05, 3.63) is 12.4 Å². The lowest BCUT2D eigenvalue weighted by molar-refractivity contribution is -0.136. The number of hydrogen-bond donors (Lipinski definition) is 0. The van der Waals surface area contributed by atoms with Gasteiger partial charge >= 0.3 is 0 Å². The Morgan fingerprint density at radius 2 is 1.89 bits per heavy atom. The van der Waals surface area contributed by atoms with E-state index >= 15 is 0 Å². The van der Waals surface area contributed by atoms with Gasteiger partial charge in [0.2, 0.25) is 17.7 Å². The fourth-order valence-corrected chi connectivity index (χ4v) is 4.26. The largest absolute Gasteiger partial charge is 0.481 e. The Labute approximate surface area is 159 Å². The summed E-state index contributed by atoms with van der Waals surface area (Å²) in [4.78, 5) is 39.1. The molecule has 1 saturated carbocycles. The van der Waals surface area contributed by atoms with Crippen molar-refractivity contribution in [3.8, 4) is 5.88 Å². The molecule has 2 aliphatic heterocycles. The molecular weight excluding hydrogens is 346 g/mol. The van der Waals surface area contributed by atoms with Crippen LogP contribution in [0.5, 0.6) is 5.88 Å². The summed E-state index contributed by atoms with van der Waals surface area (Å²) in [6.07, 6.45) is 6.11. The first-order valence-corrected chi connectivity index (χ1v) is 9.74. The molecule has 3 heterocycles. The molecule has 0 radical (unpaired) electrons. The number of hydrogen-bond acceptors (Lipinski definition) is 6. The monoisotopic (exact) mass is 373 g/mol. The van der Waals surface area contributed by atoms with Gasteiger partial charge in [0.1, 0.15) is 12.1 Å². The molecule has 2 saturated heterocycles. The first-order valence-electron chi connectivity index (χ1n) is 9.74. The maximum absolute atomic E-state index is 12.8. The third-order valence-corrected chi connectivity index (χ3v) is 5.90. The number of carbonyl (C=O) groups excluding carboxylic acids is 2. The van der Waals surface area contributed by atoms with Crippen LogP contribution in [0.25, 0.3) is 0 Å². The van der Waals surface area contributed by atoms with Crippen LogP contribution in [-0.2, 0) is 9.59 Å². The Bertz CT molecular complexity index is 715. The molecule has 8 nitrogen and oxygen atoms in total. The third kappa shape index (κ3) is 3.70. The molecule has 1 unspecified atom stereocenters. The van der Waals surface area contributed by atoms with Crippen LogP contribution in [0.2, 0.25) is 0 Å². The SMILES string of the molecule is COc1cc(N(C2CC2)C2CCN(C(=O)C3CC(=O)N(C)C3)CC2)ncn1. The fraction of sp³-hybridized carbons (Fsp3) is 0.684. The zero-order chi connectivity index (χ0) is 19.0. The number of likely N-dealkylation sites (tertiary alicyclic amines) is 2. The van der Waals surface area contributed by atoms with E-state index < -0.39 is 0 Å². The van der Waals surface area contributed by atoms with Crippen molar-refractivity contribution in [1.82, 2.24) is 19.8 Å². The Hall–Kier alpha value is -2.38. The van der Waals surface area contributed by atoms with Crippen LogP contribution in [0.15, 0.2) is 12.4 Å². The van der Waals surface area contributed by atoms with E-state index in [1.54, 1.807) is 25.4 Å². The molecule has 1 aromatic heterocycles. The zero-order valence-corrected chi connectivity index (χ0v) is 16.0. The van der Waals surface area contributed by atoms with Gasteiger partial charge in [-0.25, -0.2) is 9.97 Å². The summed E-state index contributed by atoms with van der Waals surface area (Å²) in [6, 6.07) is 2.79. The van der Waals surface area contributed by atoms with Crippen molar-refractivity contribution in [2.75, 3.05) is 38.7 Å². The number of anilines is 1. The van der Waals surface area contributed by atoms with Gasteiger partial charge in [0.05, 0.1) is 13.0 Å². The molecule has 3 fully saturated rings. The molecule has 146 valence electrons. The second-order valence-electron chi connectivity index (χ2n) is 7.79. The highest BCUT2D eigenvalue weighted by Crippen LogP contribution is 2.36. The highest BCUT2D eigenvalue weighted by Gasteiger charge is 2.39. The van der Waals surface area contributed by atoms with Crippen molar-refractivity contribution in [3.63, 3.8) is 0 Å². The summed E-state index contributed by atoms with van der Waals surface area (Å²) in [5.74, 6) is 1.52. The number of rotatable bonds is 5. The van der Waals surface area contributed by atoms with Crippen molar-refractivity contribution < 1.29 is 14.3 Å². The number of aromatic nitrogens is 2. The van der Waals surface area contributed by atoms with Crippen LogP contribution >= 0.6 is 0 Å². The van der Waals surface area contributed by atoms with Crippen LogP contribution in [0.4, 0.5) is 5.82 Å². The van der Waals surface area contributed by atoms with Gasteiger partial charge in [0.25, 0.3) is 0 Å². The topological polar surface area (TPSA) is 78.9 Å². The van der Waals surface area contributed by atoms with Crippen molar-refractivity contribution >= 4 is 17.6 Å². The molecule has 8 heteroatoms. The molecule has 0 spiro atoms. The van der Waals surface area contributed by atoms with Crippen LogP contribution in [0, 0.1) is 5.92 Å². The van der Waals surface area contributed by atoms with E-state index in [9.17, 15) is 9.59 Å². The van der Waals surface area contributed by atoms with Crippen LogP contribution in [0.3, 0.4) is 0 Å². The van der Waals surface area contributed by atoms with E-state index in [4.69, 9.17) is 4.74 Å². The average molecular weight is 373 g/mol. The summed E-state index contributed by atoms with van der Waals surface area (Å²) in [5, 5.41) is 0. The molecular formula is C19H27N5O3. The molecule has 1 atom stereocenters. The normalized spacial score (nSPS) is 23.6. The van der Waals surface area contributed by atoms with E-state index in [1.807, 2.05) is 11.0 Å². The lowest BCUT2D eigenvalue weighted by Gasteiger charge is -2.40. The second-order valence-corrected chi connectivity index (χ2v) is 7.79. The van der Waals surface area contributed by atoms with Gasteiger partial charge in [-0.15, -0.1) is 0 Å². The number of nitrogens with zero attached hydrogens (tertiary/aromatic N) is 5. The third-order valence-electron chi connectivity index (χ3n) is 5.90. The van der Waals surface area contributed by atoms with Gasteiger partial charge in [-0.1, -0.05) is 0 Å². The summed E-state index contributed by atoms with van der Waals surface area (Å²) >= 11 is 0. The molecule has 0 N–H and O–H groups in total. The Balaban J connectivity index is 1.40. The van der Waals surface area contributed by atoms with E-state index in [2.05, 4.69) is 14.9 Å². The zero-order valence-electron chi connectivity index (χ0n) is 16.0. The maximum atomic E-state index is 12.8. The molecule has 2 amide bonds. The van der Waals surface area contributed by atoms with Crippen LogP contribution in [-0.4, -0.2) is 77.5 Å². The lowest BCUT2D eigenvalue weighted by atomic mass is 10.00. The second kappa shape index (κ2) is 7.32. The van der Waals surface area contributed by atoms with Gasteiger partial charge in [0, 0.05) is 51.3 Å². The van der Waals surface area contributed by atoms with Gasteiger partial charge < -0.3 is 19.4 Å². The van der Waals surface area contributed by atoms with Gasteiger partial charge in [-0.05, 0) is 25.7 Å². The summed E-state index contributed by atoms with van der Waals surface area (Å²) in [7, 11) is 3.38. The van der Waals surface area contributed by atoms with E-state index in [-0.39, 0.29) is 17.7 Å². The molecule has 3 aliphatic rings. The van der Waals surface area contributed by atoms with E-state index in [1.165, 1.54) is 12.8 Å². The minimum absolute atomic E-state index is 0.0702. The summed E-state index contributed by atoms with van der Waals surface area (Å²) in [5.41, 5.74) is 0. The number of amides is 2. The van der Waals surface area contributed by atoms with Crippen molar-refractivity contribution in [2.45, 2.75) is 44.2 Å². The summed E-state index contributed by atoms with van der Waals surface area (Å²) in [6.45, 7) is 2.03. The lowest BCUT2D eigenvalue weighted by Crippen LogP contribution is -2.49. The minimum atomic E-state index is -0.176. The molecule has 0 bridgehead atoms. The molecule has 1 aromatic rings. The van der Waals surface area contributed by atoms with Crippen LogP contribution < -0.4 is 9.64 Å². The average Bonchev–Trinajstić information content (AvgIpc) is 3.47. The number of ether oxygens (including phenoxy) is 1. The summed E-state index contributed by atoms with van der Waals surface area (Å²) < 4.78 is 5.25. The Kier molecular flexibility index (Phi) is 4.88. The van der Waals surface area contributed by atoms with Crippen molar-refractivity contribution in [1.29, 1.82) is 0 Å². The highest BCUT2D eigenvalue weighted by atomic mass is 16.5. The fourth-order valence-electron chi connectivity index (χ4n) is 4.26. The molecule has 27 heavy (non-hydrogen) atoms. The highest BCUT2D eigenvalue weighted by molar-refractivity contribution is 5.89. The number of piperidine rings is 1. The predicted octanol–water partition coefficient (Wildman–Crippen LogP) is 0.923. The Morgan fingerprint density at radius 1 is 1.19 bits per heavy atom. The quantitative estimate of drug-likeness (QED) is 0.764. The van der Waals surface area contributed by atoms with Crippen LogP contribution in [0.1, 0.15) is 32.1 Å². The number of methoxy groups -OCH3 is 1. The Morgan fingerprint density at radius 3 is 2.48 bits per heavy atom. The first-order chi connectivity index (χ1) is 13.1. The van der Waals surface area contributed by atoms with Crippen molar-refractivity contribution in [2.24, 2.45) is 5.92 Å². The molecule has 4 rings (SSSR count). The first kappa shape index (κ1) is 18.0. The smallest absolute Gasteiger partial charge is 0.227 e. The minimum Gasteiger partial charge on any atom is -0.481 e. The van der Waals surface area contributed by atoms with Gasteiger partial charge in [-0.3, -0.25) is 9.59 Å². The van der Waals surface area contributed by atoms with E-state index in [0.717, 1.165) is 31.7 Å². The van der Waals surface area contributed by atoms with E-state index in [0.29, 0.717) is 30.9 Å². The number of carbonyl (C=O) groups is 2. The molecule has 1 aliphatic carbocycles. The predicted molar refractivity (Wildman–Crippen MR) is 99.4 cm³/mol. The standard InChI is InChI=1S/C19H27N5O3/c1-22-11-13(9-18(22)25)19(26)23-7-5-15(6-8-23)24(14-3-4-14)16-10-17(27-2)21-12-20-16/h10,12-15H,3-9,11H2,1-2H3.